The number of hydrogen-bond donors (Lipinski definition) is 1. The molecule has 1 heterocycles. The molecule has 1 N–H and O–H groups in total. The van der Waals surface area contributed by atoms with Crippen molar-refractivity contribution in [3.05, 3.63) is 23.8 Å². The first-order valence-electron chi connectivity index (χ1n) is 5.27. The molecule has 1 aliphatic rings. The molecule has 15 heavy (non-hydrogen) atoms. The summed E-state index contributed by atoms with van der Waals surface area (Å²) in [5.41, 5.74) is 2.88. The molecule has 0 aliphatic carbocycles. The monoisotopic (exact) mass is 204 g/mol. The van der Waals surface area contributed by atoms with Crippen LogP contribution in [0.1, 0.15) is 23.2 Å². The van der Waals surface area contributed by atoms with Gasteiger partial charge in [0.15, 0.2) is 5.78 Å². The van der Waals surface area contributed by atoms with Crippen LogP contribution in [0.3, 0.4) is 0 Å². The maximum atomic E-state index is 11.8. The minimum Gasteiger partial charge on any atom is -0.384 e. The maximum absolute atomic E-state index is 11.8. The molecule has 0 saturated carbocycles. The predicted molar refractivity (Wildman–Crippen MR) is 62.8 cm³/mol. The van der Waals surface area contributed by atoms with Crippen LogP contribution in [-0.4, -0.2) is 26.4 Å². The van der Waals surface area contributed by atoms with Crippen molar-refractivity contribution < 1.29 is 4.79 Å². The molecule has 0 radical (unpaired) electrons. The third-order valence-electron chi connectivity index (χ3n) is 2.72. The van der Waals surface area contributed by atoms with Gasteiger partial charge in [0.1, 0.15) is 0 Å². The molecule has 0 atom stereocenters. The molecule has 0 bridgehead atoms. The van der Waals surface area contributed by atoms with E-state index in [0.717, 1.165) is 29.9 Å². The van der Waals surface area contributed by atoms with Crippen LogP contribution in [0.2, 0.25) is 0 Å². The van der Waals surface area contributed by atoms with Crippen LogP contribution >= 0.6 is 0 Å². The highest BCUT2D eigenvalue weighted by atomic mass is 16.1. The number of ketones is 1. The van der Waals surface area contributed by atoms with Crippen molar-refractivity contribution in [2.75, 3.05) is 30.9 Å². The molecule has 3 heteroatoms. The largest absolute Gasteiger partial charge is 0.384 e. The molecule has 80 valence electrons. The van der Waals surface area contributed by atoms with Gasteiger partial charge in [0, 0.05) is 44.0 Å². The third-order valence-corrected chi connectivity index (χ3v) is 2.72. The standard InChI is InChI=1S/C12H16N2O/c1-14(2)9-5-6-11-10(8-9)12(15)4-3-7-13-11/h5-6,8,13H,3-4,7H2,1-2H3. The zero-order valence-electron chi connectivity index (χ0n) is 9.21. The van der Waals surface area contributed by atoms with Crippen molar-refractivity contribution in [2.24, 2.45) is 0 Å². The summed E-state index contributed by atoms with van der Waals surface area (Å²) in [6.45, 7) is 0.889. The summed E-state index contributed by atoms with van der Waals surface area (Å²) in [4.78, 5) is 13.8. The minimum absolute atomic E-state index is 0.249. The van der Waals surface area contributed by atoms with Gasteiger partial charge in [0.05, 0.1) is 0 Å². The van der Waals surface area contributed by atoms with Crippen LogP contribution < -0.4 is 10.2 Å². The lowest BCUT2D eigenvalue weighted by Crippen LogP contribution is -2.10. The summed E-state index contributed by atoms with van der Waals surface area (Å²) in [6, 6.07) is 5.99. The van der Waals surface area contributed by atoms with E-state index in [9.17, 15) is 4.79 Å². The second-order valence-corrected chi connectivity index (χ2v) is 4.08. The molecule has 0 amide bonds. The number of nitrogens with zero attached hydrogens (tertiary/aromatic N) is 1. The van der Waals surface area contributed by atoms with Gasteiger partial charge in [-0.05, 0) is 24.6 Å². The molecule has 2 rings (SSSR count). The van der Waals surface area contributed by atoms with E-state index in [1.165, 1.54) is 0 Å². The van der Waals surface area contributed by atoms with E-state index in [1.54, 1.807) is 0 Å². The third kappa shape index (κ3) is 1.96. The van der Waals surface area contributed by atoms with E-state index in [1.807, 2.05) is 37.2 Å². The molecular weight excluding hydrogens is 188 g/mol. The quantitative estimate of drug-likeness (QED) is 0.760. The Morgan fingerprint density at radius 1 is 1.33 bits per heavy atom. The number of hydrogen-bond acceptors (Lipinski definition) is 3. The van der Waals surface area contributed by atoms with Crippen LogP contribution in [0.15, 0.2) is 18.2 Å². The first kappa shape index (κ1) is 10.0. The Bertz CT molecular complexity index is 385. The first-order valence-corrected chi connectivity index (χ1v) is 5.27. The number of carbonyl (C=O) groups is 1. The van der Waals surface area contributed by atoms with Crippen molar-refractivity contribution in [1.82, 2.24) is 0 Å². The van der Waals surface area contributed by atoms with Crippen molar-refractivity contribution in [3.63, 3.8) is 0 Å². The summed E-state index contributed by atoms with van der Waals surface area (Å²) in [6.07, 6.45) is 1.57. The van der Waals surface area contributed by atoms with Crippen LogP contribution in [0.4, 0.5) is 11.4 Å². The molecule has 3 nitrogen and oxygen atoms in total. The molecule has 0 unspecified atom stereocenters. The van der Waals surface area contributed by atoms with Crippen LogP contribution in [0, 0.1) is 0 Å². The summed E-state index contributed by atoms with van der Waals surface area (Å²) in [5, 5.41) is 3.28. The van der Waals surface area contributed by atoms with Gasteiger partial charge in [-0.1, -0.05) is 0 Å². The number of Topliss-reactive ketones (excluding diaryl/α,β-unsaturated/α-hetero) is 1. The summed E-state index contributed by atoms with van der Waals surface area (Å²) >= 11 is 0. The van der Waals surface area contributed by atoms with E-state index < -0.39 is 0 Å². The molecule has 1 aromatic rings. The molecule has 1 aliphatic heterocycles. The summed E-state index contributed by atoms with van der Waals surface area (Å²) in [5.74, 6) is 0.249. The Morgan fingerprint density at radius 3 is 2.87 bits per heavy atom. The van der Waals surface area contributed by atoms with Gasteiger partial charge >= 0.3 is 0 Å². The van der Waals surface area contributed by atoms with Gasteiger partial charge < -0.3 is 10.2 Å². The van der Waals surface area contributed by atoms with Crippen molar-refractivity contribution in [2.45, 2.75) is 12.8 Å². The zero-order valence-corrected chi connectivity index (χ0v) is 9.21. The number of carbonyl (C=O) groups excluding carboxylic acids is 1. The second kappa shape index (κ2) is 3.93. The van der Waals surface area contributed by atoms with Gasteiger partial charge in [-0.3, -0.25) is 4.79 Å². The Balaban J connectivity index is 2.44. The molecular formula is C12H16N2O. The van der Waals surface area contributed by atoms with Crippen molar-refractivity contribution in [3.8, 4) is 0 Å². The normalized spacial score (nSPS) is 15.2. The second-order valence-electron chi connectivity index (χ2n) is 4.08. The highest BCUT2D eigenvalue weighted by molar-refractivity contribution is 6.02. The van der Waals surface area contributed by atoms with Crippen LogP contribution in [0.5, 0.6) is 0 Å². The summed E-state index contributed by atoms with van der Waals surface area (Å²) in [7, 11) is 3.96. The average molecular weight is 204 g/mol. The van der Waals surface area contributed by atoms with Gasteiger partial charge in [-0.2, -0.15) is 0 Å². The fourth-order valence-electron chi connectivity index (χ4n) is 1.80. The molecule has 0 spiro atoms. The van der Waals surface area contributed by atoms with E-state index >= 15 is 0 Å². The van der Waals surface area contributed by atoms with E-state index in [-0.39, 0.29) is 5.78 Å². The Labute approximate surface area is 90.1 Å². The highest BCUT2D eigenvalue weighted by Gasteiger charge is 2.15. The number of fused-ring (bicyclic) bond motifs is 1. The molecule has 0 saturated heterocycles. The Hall–Kier alpha value is -1.51. The van der Waals surface area contributed by atoms with Gasteiger partial charge in [-0.25, -0.2) is 0 Å². The molecule has 1 aromatic carbocycles. The van der Waals surface area contributed by atoms with E-state index in [2.05, 4.69) is 5.32 Å². The smallest absolute Gasteiger partial charge is 0.165 e. The number of nitrogens with one attached hydrogen (secondary N) is 1. The van der Waals surface area contributed by atoms with E-state index in [0.29, 0.717) is 6.42 Å². The fourth-order valence-corrected chi connectivity index (χ4v) is 1.80. The number of rotatable bonds is 1. The Kier molecular flexibility index (Phi) is 2.62. The van der Waals surface area contributed by atoms with Gasteiger partial charge in [-0.15, -0.1) is 0 Å². The van der Waals surface area contributed by atoms with Gasteiger partial charge in [0.2, 0.25) is 0 Å². The first-order chi connectivity index (χ1) is 7.18. The summed E-state index contributed by atoms with van der Waals surface area (Å²) < 4.78 is 0. The number of anilines is 2. The SMILES string of the molecule is CN(C)c1ccc2c(c1)C(=O)CCCN2. The predicted octanol–water partition coefficient (Wildman–Crippen LogP) is 2.14. The number of benzene rings is 1. The molecule has 0 aromatic heterocycles. The van der Waals surface area contributed by atoms with Crippen molar-refractivity contribution >= 4 is 17.2 Å². The molecule has 0 fully saturated rings. The topological polar surface area (TPSA) is 32.3 Å². The van der Waals surface area contributed by atoms with E-state index in [4.69, 9.17) is 0 Å². The minimum atomic E-state index is 0.249. The lowest BCUT2D eigenvalue weighted by atomic mass is 10.1. The lowest BCUT2D eigenvalue weighted by Gasteiger charge is -2.15. The van der Waals surface area contributed by atoms with Crippen LogP contribution in [0.25, 0.3) is 0 Å². The lowest BCUT2D eigenvalue weighted by molar-refractivity contribution is 0.0984. The van der Waals surface area contributed by atoms with Crippen LogP contribution in [-0.2, 0) is 0 Å². The maximum Gasteiger partial charge on any atom is 0.165 e. The zero-order chi connectivity index (χ0) is 10.8. The highest BCUT2D eigenvalue weighted by Crippen LogP contribution is 2.25. The van der Waals surface area contributed by atoms with Gasteiger partial charge in [0.25, 0.3) is 0 Å². The fraction of sp³-hybridized carbons (Fsp3) is 0.417. The average Bonchev–Trinajstić information content (AvgIpc) is 2.40. The van der Waals surface area contributed by atoms with Crippen molar-refractivity contribution in [1.29, 1.82) is 0 Å². The Morgan fingerprint density at radius 2 is 2.13 bits per heavy atom.